The molecule has 0 aliphatic carbocycles. The molecule has 0 fully saturated rings. The second kappa shape index (κ2) is 12.6. The van der Waals surface area contributed by atoms with Gasteiger partial charge in [-0.25, -0.2) is 9.97 Å². The smallest absolute Gasteiger partial charge is 0.160 e. The maximum atomic E-state index is 6.60. The van der Waals surface area contributed by atoms with Gasteiger partial charge in [0.05, 0.1) is 11.4 Å². The molecule has 0 spiro atoms. The predicted molar refractivity (Wildman–Crippen MR) is 229 cm³/mol. The van der Waals surface area contributed by atoms with E-state index in [9.17, 15) is 0 Å². The molecule has 11 aromatic rings. The molecule has 2 heterocycles. The van der Waals surface area contributed by atoms with Gasteiger partial charge in [-0.1, -0.05) is 158 Å². The van der Waals surface area contributed by atoms with Crippen molar-refractivity contribution in [2.45, 2.75) is 0 Å². The molecule has 3 nitrogen and oxygen atoms in total. The molecule has 0 bridgehead atoms. The fourth-order valence-electron chi connectivity index (χ4n) is 8.23. The van der Waals surface area contributed by atoms with Crippen LogP contribution >= 0.6 is 0 Å². The first-order valence-corrected chi connectivity index (χ1v) is 18.6. The van der Waals surface area contributed by atoms with Crippen molar-refractivity contribution in [3.05, 3.63) is 194 Å². The van der Waals surface area contributed by atoms with Crippen molar-refractivity contribution in [3.8, 4) is 56.2 Å². The van der Waals surface area contributed by atoms with E-state index in [0.29, 0.717) is 5.82 Å². The van der Waals surface area contributed by atoms with Crippen LogP contribution in [-0.2, 0) is 0 Å². The van der Waals surface area contributed by atoms with Gasteiger partial charge >= 0.3 is 0 Å². The fourth-order valence-corrected chi connectivity index (χ4v) is 8.23. The van der Waals surface area contributed by atoms with E-state index >= 15 is 0 Å². The molecule has 2 aromatic heterocycles. The normalized spacial score (nSPS) is 11.6. The molecule has 0 radical (unpaired) electrons. The molecule has 0 aliphatic heterocycles. The molecule has 9 aromatic carbocycles. The Kier molecular flexibility index (Phi) is 7.17. The van der Waals surface area contributed by atoms with E-state index < -0.39 is 0 Å². The summed E-state index contributed by atoms with van der Waals surface area (Å²) in [6.07, 6.45) is 0. The summed E-state index contributed by atoms with van der Waals surface area (Å²) in [7, 11) is 0. The highest BCUT2D eigenvalue weighted by atomic mass is 16.3. The van der Waals surface area contributed by atoms with E-state index in [-0.39, 0.29) is 0 Å². The monoisotopic (exact) mass is 700 g/mol. The largest absolute Gasteiger partial charge is 0.455 e. The average Bonchev–Trinajstić information content (AvgIpc) is 3.66. The maximum Gasteiger partial charge on any atom is 0.160 e. The van der Waals surface area contributed by atoms with Crippen LogP contribution in [0.5, 0.6) is 0 Å². The van der Waals surface area contributed by atoms with E-state index in [4.69, 9.17) is 14.4 Å². The Morgan fingerprint density at radius 3 is 1.53 bits per heavy atom. The van der Waals surface area contributed by atoms with Crippen molar-refractivity contribution in [1.82, 2.24) is 9.97 Å². The summed E-state index contributed by atoms with van der Waals surface area (Å²) in [5, 5.41) is 9.73. The standard InChI is InChI=1S/C52H32N2O/c1-3-14-33(15-4-1)48-32-49(54-52(53-48)34-16-5-2-6-17-34)38-29-36(28-37(30-38)39-23-13-24-46-45-22-11-12-25-50(45)55-51(39)46)35-26-27-44-42-20-8-7-18-40(42)41-19-9-10-21-43(41)47(44)31-35/h1-32H. The number of para-hydroxylation sites is 2. The van der Waals surface area contributed by atoms with Crippen LogP contribution in [0.1, 0.15) is 0 Å². The number of aromatic nitrogens is 2. The van der Waals surface area contributed by atoms with Crippen molar-refractivity contribution >= 4 is 54.3 Å². The van der Waals surface area contributed by atoms with Gasteiger partial charge in [-0.05, 0) is 85.4 Å². The lowest BCUT2D eigenvalue weighted by Gasteiger charge is -2.15. The third kappa shape index (κ3) is 5.28. The molecule has 55 heavy (non-hydrogen) atoms. The zero-order valence-electron chi connectivity index (χ0n) is 29.8. The first kappa shape index (κ1) is 31.2. The number of fused-ring (bicyclic) bond motifs is 9. The number of rotatable bonds is 5. The molecule has 0 N–H and O–H groups in total. The minimum atomic E-state index is 0.687. The summed E-state index contributed by atoms with van der Waals surface area (Å²) < 4.78 is 6.60. The molecule has 0 unspecified atom stereocenters. The third-order valence-electron chi connectivity index (χ3n) is 10.8. The highest BCUT2D eigenvalue weighted by Gasteiger charge is 2.18. The molecular formula is C52H32N2O. The summed E-state index contributed by atoms with van der Waals surface area (Å²) in [5.41, 5.74) is 10.8. The Morgan fingerprint density at radius 2 is 0.818 bits per heavy atom. The summed E-state index contributed by atoms with van der Waals surface area (Å²) in [6, 6.07) is 68.6. The Morgan fingerprint density at radius 1 is 0.291 bits per heavy atom. The zero-order chi connectivity index (χ0) is 36.3. The molecule has 0 aliphatic rings. The molecule has 0 amide bonds. The molecular weight excluding hydrogens is 669 g/mol. The Bertz CT molecular complexity index is 3160. The second-order valence-electron chi connectivity index (χ2n) is 14.1. The van der Waals surface area contributed by atoms with Gasteiger partial charge in [-0.3, -0.25) is 0 Å². The van der Waals surface area contributed by atoms with Crippen molar-refractivity contribution in [2.75, 3.05) is 0 Å². The van der Waals surface area contributed by atoms with Crippen LogP contribution in [0.3, 0.4) is 0 Å². The van der Waals surface area contributed by atoms with Crippen molar-refractivity contribution in [2.24, 2.45) is 0 Å². The topological polar surface area (TPSA) is 38.9 Å². The minimum Gasteiger partial charge on any atom is -0.455 e. The molecule has 3 heteroatoms. The Balaban J connectivity index is 1.19. The van der Waals surface area contributed by atoms with Crippen LogP contribution < -0.4 is 0 Å². The van der Waals surface area contributed by atoms with Crippen LogP contribution in [0.25, 0.3) is 110 Å². The number of hydrogen-bond acceptors (Lipinski definition) is 3. The van der Waals surface area contributed by atoms with Crippen LogP contribution in [0.4, 0.5) is 0 Å². The number of nitrogens with zero attached hydrogens (tertiary/aromatic N) is 2. The van der Waals surface area contributed by atoms with Gasteiger partial charge in [0, 0.05) is 33.0 Å². The summed E-state index contributed by atoms with van der Waals surface area (Å²) in [6.45, 7) is 0. The summed E-state index contributed by atoms with van der Waals surface area (Å²) in [4.78, 5) is 10.3. The molecule has 11 rings (SSSR count). The Hall–Kier alpha value is -7.36. The maximum absolute atomic E-state index is 6.60. The van der Waals surface area contributed by atoms with Crippen LogP contribution in [0, 0.1) is 0 Å². The first-order valence-electron chi connectivity index (χ1n) is 18.6. The number of furan rings is 1. The molecule has 256 valence electrons. The zero-order valence-corrected chi connectivity index (χ0v) is 29.8. The van der Waals surface area contributed by atoms with E-state index in [1.54, 1.807) is 0 Å². The van der Waals surface area contributed by atoms with Crippen LogP contribution in [0.2, 0.25) is 0 Å². The van der Waals surface area contributed by atoms with Crippen LogP contribution in [-0.4, -0.2) is 9.97 Å². The average molecular weight is 701 g/mol. The third-order valence-corrected chi connectivity index (χ3v) is 10.8. The predicted octanol–water partition coefficient (Wildman–Crippen LogP) is 14.2. The highest BCUT2D eigenvalue weighted by Crippen LogP contribution is 2.42. The van der Waals surface area contributed by atoms with Gasteiger partial charge in [0.15, 0.2) is 5.82 Å². The fraction of sp³-hybridized carbons (Fsp3) is 0. The lowest BCUT2D eigenvalue weighted by atomic mass is 9.90. The highest BCUT2D eigenvalue weighted by molar-refractivity contribution is 6.25. The minimum absolute atomic E-state index is 0.687. The van der Waals surface area contributed by atoms with E-state index in [0.717, 1.165) is 72.3 Å². The van der Waals surface area contributed by atoms with Gasteiger partial charge in [-0.15, -0.1) is 0 Å². The van der Waals surface area contributed by atoms with Crippen molar-refractivity contribution in [3.63, 3.8) is 0 Å². The SMILES string of the molecule is c1ccc(-c2cc(-c3cc(-c4ccc5c6ccccc6c6ccccc6c5c4)cc(-c4cccc5c4oc4ccccc45)c3)nc(-c3ccccc3)n2)cc1. The van der Waals surface area contributed by atoms with Gasteiger partial charge < -0.3 is 4.42 Å². The van der Waals surface area contributed by atoms with Gasteiger partial charge in [0.1, 0.15) is 11.2 Å². The molecule has 0 saturated carbocycles. The van der Waals surface area contributed by atoms with Crippen molar-refractivity contribution in [1.29, 1.82) is 0 Å². The number of hydrogen-bond donors (Lipinski definition) is 0. The summed E-state index contributed by atoms with van der Waals surface area (Å²) >= 11 is 0. The van der Waals surface area contributed by atoms with Gasteiger partial charge in [-0.2, -0.15) is 0 Å². The van der Waals surface area contributed by atoms with Gasteiger partial charge in [0.25, 0.3) is 0 Å². The van der Waals surface area contributed by atoms with E-state index in [1.165, 1.54) is 32.3 Å². The second-order valence-corrected chi connectivity index (χ2v) is 14.1. The first-order chi connectivity index (χ1) is 27.2. The quantitative estimate of drug-likeness (QED) is 0.168. The lowest BCUT2D eigenvalue weighted by molar-refractivity contribution is 0.670. The molecule has 0 atom stereocenters. The lowest BCUT2D eigenvalue weighted by Crippen LogP contribution is -1.96. The molecule has 0 saturated heterocycles. The summed E-state index contributed by atoms with van der Waals surface area (Å²) in [5.74, 6) is 0.687. The van der Waals surface area contributed by atoms with E-state index in [1.807, 2.05) is 36.4 Å². The van der Waals surface area contributed by atoms with Crippen LogP contribution in [0.15, 0.2) is 199 Å². The van der Waals surface area contributed by atoms with Gasteiger partial charge in [0.2, 0.25) is 0 Å². The number of benzene rings is 9. The van der Waals surface area contributed by atoms with E-state index in [2.05, 4.69) is 158 Å². The Labute approximate surface area is 317 Å². The van der Waals surface area contributed by atoms with Crippen molar-refractivity contribution < 1.29 is 4.42 Å².